The highest BCUT2D eigenvalue weighted by atomic mass is 16.5. The van der Waals surface area contributed by atoms with E-state index in [0.717, 1.165) is 5.57 Å². The van der Waals surface area contributed by atoms with Crippen molar-refractivity contribution >= 4 is 27.7 Å². The highest BCUT2D eigenvalue weighted by Crippen LogP contribution is 2.42. The molecule has 0 spiro atoms. The SMILES string of the molecule is CC(C)=CCc1c(CO)c(O)cc2oc3cc4c(c(O)c3c(=O)c12)CC(=O)C(C)(C)O4. The van der Waals surface area contributed by atoms with Crippen molar-refractivity contribution in [1.82, 2.24) is 0 Å². The van der Waals surface area contributed by atoms with Crippen molar-refractivity contribution in [3.63, 3.8) is 0 Å². The van der Waals surface area contributed by atoms with E-state index in [2.05, 4.69) is 0 Å². The Hall–Kier alpha value is -3.32. The molecule has 3 N–H and O–H groups in total. The van der Waals surface area contributed by atoms with E-state index in [1.54, 1.807) is 13.8 Å². The average Bonchev–Trinajstić information content (AvgIpc) is 2.67. The number of benzene rings is 2. The monoisotopic (exact) mass is 424 g/mol. The molecule has 2 aromatic carbocycles. The summed E-state index contributed by atoms with van der Waals surface area (Å²) in [6.45, 7) is 6.62. The zero-order chi connectivity index (χ0) is 22.7. The molecule has 0 bridgehead atoms. The number of carbonyl (C=O) groups excluding carboxylic acids is 1. The molecule has 1 aliphatic rings. The summed E-state index contributed by atoms with van der Waals surface area (Å²) in [5, 5.41) is 31.2. The standard InChI is InChI=1S/C24H24O7/c1-11(2)5-6-12-14(10-25)15(26)8-17-20(12)23(29)21-18(30-17)9-16-13(22(21)28)7-19(27)24(3,4)31-16/h5,8-9,25-26,28H,6-7,10H2,1-4H3. The van der Waals surface area contributed by atoms with E-state index in [4.69, 9.17) is 9.15 Å². The highest BCUT2D eigenvalue weighted by Gasteiger charge is 2.37. The fourth-order valence-electron chi connectivity index (χ4n) is 3.95. The van der Waals surface area contributed by atoms with Crippen LogP contribution in [0.1, 0.15) is 44.4 Å². The number of hydrogen-bond donors (Lipinski definition) is 3. The second kappa shape index (κ2) is 7.13. The lowest BCUT2D eigenvalue weighted by atomic mass is 9.90. The van der Waals surface area contributed by atoms with Crippen LogP contribution in [0.2, 0.25) is 0 Å². The molecule has 0 amide bonds. The molecule has 4 rings (SSSR count). The van der Waals surface area contributed by atoms with Gasteiger partial charge in [-0.3, -0.25) is 9.59 Å². The zero-order valence-corrected chi connectivity index (χ0v) is 17.8. The molecule has 0 fully saturated rings. The van der Waals surface area contributed by atoms with E-state index in [-0.39, 0.29) is 62.5 Å². The summed E-state index contributed by atoms with van der Waals surface area (Å²) in [6, 6.07) is 2.78. The van der Waals surface area contributed by atoms with Crippen molar-refractivity contribution in [2.24, 2.45) is 0 Å². The fourth-order valence-corrected chi connectivity index (χ4v) is 3.95. The number of phenolic OH excluding ortho intramolecular Hbond substituents is 1. The number of aliphatic hydroxyl groups is 1. The molecule has 31 heavy (non-hydrogen) atoms. The maximum Gasteiger partial charge on any atom is 0.204 e. The molecule has 0 unspecified atom stereocenters. The van der Waals surface area contributed by atoms with Gasteiger partial charge in [0, 0.05) is 29.7 Å². The van der Waals surface area contributed by atoms with Gasteiger partial charge in [-0.25, -0.2) is 0 Å². The van der Waals surface area contributed by atoms with Crippen molar-refractivity contribution in [1.29, 1.82) is 0 Å². The molecular formula is C24H24O7. The van der Waals surface area contributed by atoms with Crippen molar-refractivity contribution < 1.29 is 29.3 Å². The predicted molar refractivity (Wildman–Crippen MR) is 116 cm³/mol. The van der Waals surface area contributed by atoms with Crippen LogP contribution >= 0.6 is 0 Å². The first-order chi connectivity index (χ1) is 14.5. The minimum atomic E-state index is -1.06. The van der Waals surface area contributed by atoms with Gasteiger partial charge in [-0.1, -0.05) is 11.6 Å². The Bertz CT molecular complexity index is 1340. The van der Waals surface area contributed by atoms with Gasteiger partial charge in [0.05, 0.1) is 12.0 Å². The van der Waals surface area contributed by atoms with Crippen LogP contribution in [0.5, 0.6) is 17.2 Å². The van der Waals surface area contributed by atoms with Crippen LogP contribution in [0.15, 0.2) is 33.0 Å². The van der Waals surface area contributed by atoms with Crippen molar-refractivity contribution in [3.8, 4) is 17.2 Å². The zero-order valence-electron chi connectivity index (χ0n) is 17.8. The Morgan fingerprint density at radius 1 is 1.10 bits per heavy atom. The lowest BCUT2D eigenvalue weighted by molar-refractivity contribution is -0.132. The van der Waals surface area contributed by atoms with Crippen molar-refractivity contribution in [3.05, 3.63) is 50.7 Å². The Morgan fingerprint density at radius 3 is 2.42 bits per heavy atom. The van der Waals surface area contributed by atoms with Crippen LogP contribution < -0.4 is 10.2 Å². The van der Waals surface area contributed by atoms with E-state index in [1.165, 1.54) is 12.1 Å². The lowest BCUT2D eigenvalue weighted by Crippen LogP contribution is -2.42. The van der Waals surface area contributed by atoms with Crippen molar-refractivity contribution in [2.45, 2.75) is 52.7 Å². The fraction of sp³-hybridized carbons (Fsp3) is 0.333. The van der Waals surface area contributed by atoms with Crippen LogP contribution in [-0.4, -0.2) is 26.7 Å². The number of ether oxygens (including phenoxy) is 1. The number of carbonyl (C=O) groups is 1. The quantitative estimate of drug-likeness (QED) is 0.434. The van der Waals surface area contributed by atoms with Crippen LogP contribution in [0.4, 0.5) is 0 Å². The van der Waals surface area contributed by atoms with E-state index in [1.807, 2.05) is 19.9 Å². The third kappa shape index (κ3) is 3.25. The van der Waals surface area contributed by atoms with Crippen molar-refractivity contribution in [2.75, 3.05) is 0 Å². The first-order valence-corrected chi connectivity index (χ1v) is 10.0. The Balaban J connectivity index is 2.11. The Kier molecular flexibility index (Phi) is 4.81. The molecule has 7 nitrogen and oxygen atoms in total. The number of rotatable bonds is 3. The second-order valence-corrected chi connectivity index (χ2v) is 8.59. The molecule has 0 aliphatic carbocycles. The Labute approximate surface area is 178 Å². The molecule has 162 valence electrons. The Morgan fingerprint density at radius 2 is 1.77 bits per heavy atom. The molecule has 2 heterocycles. The summed E-state index contributed by atoms with van der Waals surface area (Å²) in [5.41, 5.74) is 0.570. The maximum atomic E-state index is 13.5. The van der Waals surface area contributed by atoms with Gasteiger partial charge in [-0.05, 0) is 39.7 Å². The van der Waals surface area contributed by atoms with Gasteiger partial charge >= 0.3 is 0 Å². The smallest absolute Gasteiger partial charge is 0.204 e. The minimum Gasteiger partial charge on any atom is -0.507 e. The van der Waals surface area contributed by atoms with Crippen LogP contribution in [-0.2, 0) is 24.2 Å². The predicted octanol–water partition coefficient (Wildman–Crippen LogP) is 3.64. The minimum absolute atomic E-state index is 0.0598. The highest BCUT2D eigenvalue weighted by molar-refractivity contribution is 6.00. The summed E-state index contributed by atoms with van der Waals surface area (Å²) >= 11 is 0. The molecule has 0 saturated carbocycles. The lowest BCUT2D eigenvalue weighted by Gasteiger charge is -2.31. The number of aromatic hydroxyl groups is 2. The molecule has 7 heteroatoms. The van der Waals surface area contributed by atoms with E-state index >= 15 is 0 Å². The summed E-state index contributed by atoms with van der Waals surface area (Å²) in [7, 11) is 0. The number of allylic oxidation sites excluding steroid dienone is 2. The number of Topliss-reactive ketones (excluding diaryl/α,β-unsaturated/α-hetero) is 1. The van der Waals surface area contributed by atoms with E-state index < -0.39 is 17.6 Å². The summed E-state index contributed by atoms with van der Waals surface area (Å²) < 4.78 is 11.7. The van der Waals surface area contributed by atoms with Crippen LogP contribution in [0, 0.1) is 0 Å². The van der Waals surface area contributed by atoms with Gasteiger partial charge in [0.25, 0.3) is 0 Å². The topological polar surface area (TPSA) is 117 Å². The largest absolute Gasteiger partial charge is 0.507 e. The number of hydrogen-bond acceptors (Lipinski definition) is 7. The molecule has 1 aliphatic heterocycles. The van der Waals surface area contributed by atoms with Crippen LogP contribution in [0.25, 0.3) is 21.9 Å². The third-order valence-corrected chi connectivity index (χ3v) is 5.74. The van der Waals surface area contributed by atoms with Crippen LogP contribution in [0.3, 0.4) is 0 Å². The summed E-state index contributed by atoms with van der Waals surface area (Å²) in [4.78, 5) is 25.9. The molecule has 1 aromatic heterocycles. The van der Waals surface area contributed by atoms with E-state index in [0.29, 0.717) is 12.0 Å². The van der Waals surface area contributed by atoms with E-state index in [9.17, 15) is 24.9 Å². The average molecular weight is 424 g/mol. The summed E-state index contributed by atoms with van der Waals surface area (Å²) in [5.74, 6) is -0.465. The van der Waals surface area contributed by atoms with Gasteiger partial charge in [-0.15, -0.1) is 0 Å². The van der Waals surface area contributed by atoms with Gasteiger partial charge in [0.15, 0.2) is 11.4 Å². The van der Waals surface area contributed by atoms with Gasteiger partial charge in [0.2, 0.25) is 5.43 Å². The number of aliphatic hydroxyl groups excluding tert-OH is 1. The molecular weight excluding hydrogens is 400 g/mol. The molecule has 0 atom stereocenters. The molecule has 0 radical (unpaired) electrons. The first kappa shape index (κ1) is 20.9. The van der Waals surface area contributed by atoms with Gasteiger partial charge < -0.3 is 24.5 Å². The number of ketones is 1. The number of fused-ring (bicyclic) bond motifs is 3. The second-order valence-electron chi connectivity index (χ2n) is 8.59. The maximum absolute atomic E-state index is 13.5. The van der Waals surface area contributed by atoms with Gasteiger partial charge in [-0.2, -0.15) is 0 Å². The third-order valence-electron chi connectivity index (χ3n) is 5.74. The molecule has 0 saturated heterocycles. The summed E-state index contributed by atoms with van der Waals surface area (Å²) in [6.07, 6.45) is 2.10. The molecule has 3 aromatic rings. The first-order valence-electron chi connectivity index (χ1n) is 10.0. The normalized spacial score (nSPS) is 15.1. The number of phenols is 2. The van der Waals surface area contributed by atoms with Gasteiger partial charge in [0.1, 0.15) is 33.8 Å².